The summed E-state index contributed by atoms with van der Waals surface area (Å²) in [4.78, 5) is 44.2. The second kappa shape index (κ2) is 25.4. The second-order valence-electron chi connectivity index (χ2n) is 18.7. The molecule has 3 N–H and O–H groups in total. The quantitative estimate of drug-likeness (QED) is 0.158. The molecule has 16 atom stereocenters. The van der Waals surface area contributed by atoms with Crippen molar-refractivity contribution in [3.05, 3.63) is 48.5 Å². The predicted molar refractivity (Wildman–Crippen MR) is 246 cm³/mol. The van der Waals surface area contributed by atoms with Gasteiger partial charge in [-0.1, -0.05) is 36.7 Å². The van der Waals surface area contributed by atoms with Crippen molar-refractivity contribution < 1.29 is 72.4 Å². The Hall–Kier alpha value is -3.77. The summed E-state index contributed by atoms with van der Waals surface area (Å²) in [5.41, 5.74) is 2.67. The Morgan fingerprint density at radius 2 is 1.68 bits per heavy atom. The summed E-state index contributed by atoms with van der Waals surface area (Å²) in [6.45, 7) is 9.90. The number of aliphatic hydroxyl groups excluding tert-OH is 3. The van der Waals surface area contributed by atoms with Crippen LogP contribution in [0, 0.1) is 23.7 Å². The Morgan fingerprint density at radius 3 is 2.43 bits per heavy atom. The van der Waals surface area contributed by atoms with Gasteiger partial charge in [0.1, 0.15) is 36.7 Å². The highest BCUT2D eigenvalue weighted by molar-refractivity contribution is 5.91. The smallest absolute Gasteiger partial charge is 0.308 e. The summed E-state index contributed by atoms with van der Waals surface area (Å²) in [6, 6.07) is 3.06. The molecule has 2 aromatic heterocycles. The molecule has 4 aliphatic rings. The molecule has 0 spiro atoms. The first-order valence-electron chi connectivity index (χ1n) is 23.6. The van der Waals surface area contributed by atoms with E-state index in [1.165, 1.54) is 14.2 Å². The number of methoxy groups -OCH3 is 2. The highest BCUT2D eigenvalue weighted by Gasteiger charge is 2.48. The summed E-state index contributed by atoms with van der Waals surface area (Å²) in [5.74, 6) is -2.59. The highest BCUT2D eigenvalue weighted by Crippen LogP contribution is 2.36. The van der Waals surface area contributed by atoms with Crippen molar-refractivity contribution in [1.29, 1.82) is 0 Å². The van der Waals surface area contributed by atoms with Crippen LogP contribution in [0.25, 0.3) is 11.2 Å². The van der Waals surface area contributed by atoms with E-state index in [4.69, 9.17) is 47.5 Å². The minimum atomic E-state index is -1.25. The number of hydrogen-bond acceptors (Lipinski definition) is 19. The maximum absolute atomic E-state index is 14.1. The number of oxime groups is 1. The number of nitrogens with zero attached hydrogens (tertiary/aromatic N) is 5. The fourth-order valence-electron chi connectivity index (χ4n) is 9.46. The molecule has 1 unspecified atom stereocenters. The molecule has 6 heterocycles. The predicted octanol–water partition coefficient (Wildman–Crippen LogP) is 2.46. The van der Waals surface area contributed by atoms with Gasteiger partial charge in [0, 0.05) is 44.8 Å². The molecule has 68 heavy (non-hydrogen) atoms. The summed E-state index contributed by atoms with van der Waals surface area (Å²) < 4.78 is 57.2. The van der Waals surface area contributed by atoms with Crippen LogP contribution >= 0.6 is 0 Å². The Bertz CT molecular complexity index is 2020. The Balaban J connectivity index is 1.28. The average Bonchev–Trinajstić information content (AvgIpc) is 3.72. The lowest BCUT2D eigenvalue weighted by Gasteiger charge is -2.47. The highest BCUT2D eigenvalue weighted by atomic mass is 16.7. The van der Waals surface area contributed by atoms with Crippen LogP contribution in [0.3, 0.4) is 0 Å². The third-order valence-electron chi connectivity index (χ3n) is 13.4. The van der Waals surface area contributed by atoms with Crippen LogP contribution in [0.2, 0.25) is 0 Å². The third kappa shape index (κ3) is 13.8. The standard InChI is InChI=1S/C48H73N5O15/c1-27-12-13-36(54)28(2)20-33-14-17-61-24-34(51-65-18-16-53-26-50-46-35(53)11-10-15-49-46)25-62-37(29(3)43(33)68-47-42(58)39(52(6)7)40(56)30(4)66-47)21-38(55)63-22-32(19-27)23-64-48-45(60-9)44(59-8)41(57)31(5)67-48/h10-13,15,19,26,28-33,37,39-45,47-48,56-58H,14,16-18,20-25H2,1-9H3/b13-12+,27-19+,51-34+/t28-,29+,30-,31-,32+,33?,37-,39+,40-,41-,42-,43-,44-,45-,47+,48-/m1/s1. The van der Waals surface area contributed by atoms with Gasteiger partial charge in [-0.05, 0) is 71.8 Å². The number of allylic oxidation sites excluding steroid dienone is 3. The van der Waals surface area contributed by atoms with Gasteiger partial charge in [-0.15, -0.1) is 0 Å². The first-order chi connectivity index (χ1) is 32.6. The molecule has 0 amide bonds. The SMILES string of the molecule is CO[C@@H]1[C@H](O)[C@@H](C)O[C@@H](OC[C@H]2/C=C(C)/C=C/C(=O)[C@H](C)CC3CCOC/C(=N\OCCn4cnc5ncccc54)CO[C@H](CC(=O)OC2)[C@H](C)[C@H]3O[C@@H]2O[C@H](C)[C@@H](O)[C@H](N(C)C)[C@H]2O)[C@@H]1OC. The van der Waals surface area contributed by atoms with Crippen molar-refractivity contribution in [3.63, 3.8) is 0 Å². The Labute approximate surface area is 398 Å². The Morgan fingerprint density at radius 1 is 0.926 bits per heavy atom. The molecular formula is C48H73N5O15. The average molecular weight is 960 g/mol. The monoisotopic (exact) mass is 960 g/mol. The van der Waals surface area contributed by atoms with E-state index in [9.17, 15) is 24.9 Å². The molecule has 380 valence electrons. The molecule has 20 nitrogen and oxygen atoms in total. The van der Waals surface area contributed by atoms with Crippen LogP contribution in [0.5, 0.6) is 0 Å². The number of fused-ring (bicyclic) bond motifs is 4. The molecule has 6 rings (SSSR count). The van der Waals surface area contributed by atoms with Gasteiger partial charge in [0.05, 0.1) is 87.8 Å². The van der Waals surface area contributed by atoms with Gasteiger partial charge in [-0.25, -0.2) is 9.97 Å². The number of aromatic nitrogens is 3. The topological polar surface area (TPSA) is 233 Å². The zero-order chi connectivity index (χ0) is 49.1. The number of rotatable bonds is 12. The number of ether oxygens (including phenoxy) is 9. The molecule has 0 saturated carbocycles. The number of ketones is 1. The van der Waals surface area contributed by atoms with Crippen molar-refractivity contribution in [2.24, 2.45) is 28.8 Å². The zero-order valence-corrected chi connectivity index (χ0v) is 40.8. The van der Waals surface area contributed by atoms with E-state index < -0.39 is 97.3 Å². The molecule has 20 heteroatoms. The van der Waals surface area contributed by atoms with Crippen LogP contribution in [-0.2, 0) is 63.6 Å². The molecule has 4 aliphatic heterocycles. The Kier molecular flexibility index (Phi) is 20.0. The number of carbonyl (C=O) groups excluding carboxylic acids is 2. The number of aliphatic hydroxyl groups is 3. The van der Waals surface area contributed by atoms with Crippen molar-refractivity contribution >= 4 is 28.6 Å². The lowest BCUT2D eigenvalue weighted by atomic mass is 9.79. The lowest BCUT2D eigenvalue weighted by molar-refractivity contribution is -0.305. The van der Waals surface area contributed by atoms with Gasteiger partial charge < -0.3 is 72.3 Å². The number of cyclic esters (lactones) is 1. The summed E-state index contributed by atoms with van der Waals surface area (Å²) in [5, 5.41) is 37.9. The van der Waals surface area contributed by atoms with Gasteiger partial charge in [-0.3, -0.25) is 9.59 Å². The van der Waals surface area contributed by atoms with Gasteiger partial charge in [-0.2, -0.15) is 0 Å². The number of pyridine rings is 1. The van der Waals surface area contributed by atoms with E-state index in [0.29, 0.717) is 30.7 Å². The molecular weight excluding hydrogens is 887 g/mol. The van der Waals surface area contributed by atoms with E-state index in [1.54, 1.807) is 57.5 Å². The number of carbonyl (C=O) groups is 2. The van der Waals surface area contributed by atoms with Gasteiger partial charge >= 0.3 is 5.97 Å². The summed E-state index contributed by atoms with van der Waals surface area (Å²) >= 11 is 0. The minimum Gasteiger partial charge on any atom is -0.465 e. The van der Waals surface area contributed by atoms with E-state index in [1.807, 2.05) is 43.5 Å². The number of likely N-dealkylation sites (N-methyl/N-ethyl adjacent to an activating group) is 1. The first kappa shape index (κ1) is 53.6. The van der Waals surface area contributed by atoms with Gasteiger partial charge in [0.2, 0.25) is 0 Å². The van der Waals surface area contributed by atoms with Crippen molar-refractivity contribution in [2.75, 3.05) is 68.0 Å². The van der Waals surface area contributed by atoms with E-state index in [2.05, 4.69) is 15.1 Å². The fraction of sp³-hybridized carbons (Fsp3) is 0.729. The largest absolute Gasteiger partial charge is 0.465 e. The lowest BCUT2D eigenvalue weighted by Crippen LogP contribution is -2.63. The number of hydrogen-bond donors (Lipinski definition) is 3. The molecule has 3 fully saturated rings. The maximum Gasteiger partial charge on any atom is 0.308 e. The van der Waals surface area contributed by atoms with E-state index in [-0.39, 0.29) is 57.8 Å². The third-order valence-corrected chi connectivity index (χ3v) is 13.4. The van der Waals surface area contributed by atoms with Gasteiger partial charge in [0.25, 0.3) is 0 Å². The molecule has 3 saturated heterocycles. The molecule has 0 aromatic carbocycles. The maximum atomic E-state index is 14.1. The second-order valence-corrected chi connectivity index (χ2v) is 18.7. The zero-order valence-electron chi connectivity index (χ0n) is 40.8. The van der Waals surface area contributed by atoms with Crippen molar-refractivity contribution in [2.45, 2.75) is 134 Å². The van der Waals surface area contributed by atoms with Crippen molar-refractivity contribution in [1.82, 2.24) is 19.4 Å². The van der Waals surface area contributed by atoms with Crippen LogP contribution in [0.4, 0.5) is 0 Å². The van der Waals surface area contributed by atoms with E-state index in [0.717, 1.165) is 11.1 Å². The fourth-order valence-corrected chi connectivity index (χ4v) is 9.46. The van der Waals surface area contributed by atoms with E-state index >= 15 is 0 Å². The molecule has 0 radical (unpaired) electrons. The summed E-state index contributed by atoms with van der Waals surface area (Å²) in [6.07, 6.45) is -0.545. The minimum absolute atomic E-state index is 0.0269. The van der Waals surface area contributed by atoms with Crippen LogP contribution in [0.15, 0.2) is 53.6 Å². The molecule has 2 bridgehead atoms. The number of imidazole rings is 1. The molecule has 2 aromatic rings. The normalized spacial score (nSPS) is 38.2. The van der Waals surface area contributed by atoms with Crippen molar-refractivity contribution in [3.8, 4) is 0 Å². The first-order valence-corrected chi connectivity index (χ1v) is 23.6. The van der Waals surface area contributed by atoms with Crippen LogP contribution < -0.4 is 0 Å². The summed E-state index contributed by atoms with van der Waals surface area (Å²) in [7, 11) is 6.50. The van der Waals surface area contributed by atoms with Crippen LogP contribution in [-0.4, -0.2) is 194 Å². The van der Waals surface area contributed by atoms with Crippen LogP contribution in [0.1, 0.15) is 53.9 Å². The molecule has 0 aliphatic carbocycles. The number of esters is 1. The van der Waals surface area contributed by atoms with Gasteiger partial charge in [0.15, 0.2) is 24.0 Å².